The Balaban J connectivity index is 2.43. The molecule has 0 aromatic carbocycles. The molecule has 0 fully saturated rings. The van der Waals surface area contributed by atoms with Gasteiger partial charge >= 0.3 is 0 Å². The molecule has 0 saturated heterocycles. The SMILES string of the molecule is C=Nc1nc(-c2ccnc(C)n2)cs1. The number of nitrogens with zero attached hydrogens (tertiary/aromatic N) is 4. The third-order valence-electron chi connectivity index (χ3n) is 1.67. The minimum atomic E-state index is 0.663. The second-order valence-corrected chi connectivity index (χ2v) is 3.50. The molecule has 70 valence electrons. The van der Waals surface area contributed by atoms with Gasteiger partial charge in [0.15, 0.2) is 0 Å². The van der Waals surface area contributed by atoms with Gasteiger partial charge in [-0.25, -0.2) is 19.9 Å². The first-order valence-electron chi connectivity index (χ1n) is 4.02. The molecular formula is C9H8N4S. The maximum Gasteiger partial charge on any atom is 0.209 e. The average Bonchev–Trinajstić information content (AvgIpc) is 2.66. The number of aryl methyl sites for hydroxylation is 1. The van der Waals surface area contributed by atoms with Crippen molar-refractivity contribution in [2.75, 3.05) is 0 Å². The minimum absolute atomic E-state index is 0.663. The van der Waals surface area contributed by atoms with E-state index in [9.17, 15) is 0 Å². The number of thiazole rings is 1. The Morgan fingerprint density at radius 2 is 2.21 bits per heavy atom. The number of rotatable bonds is 2. The molecule has 0 aliphatic carbocycles. The number of aromatic nitrogens is 3. The Hall–Kier alpha value is -1.62. The number of hydrogen-bond donors (Lipinski definition) is 0. The summed E-state index contributed by atoms with van der Waals surface area (Å²) < 4.78 is 0. The fourth-order valence-electron chi connectivity index (χ4n) is 1.05. The van der Waals surface area contributed by atoms with E-state index >= 15 is 0 Å². The van der Waals surface area contributed by atoms with Crippen LogP contribution in [-0.4, -0.2) is 21.7 Å². The highest BCUT2D eigenvalue weighted by Gasteiger charge is 2.04. The molecule has 0 amide bonds. The van der Waals surface area contributed by atoms with E-state index < -0.39 is 0 Å². The topological polar surface area (TPSA) is 51.0 Å². The fraction of sp³-hybridized carbons (Fsp3) is 0.111. The lowest BCUT2D eigenvalue weighted by molar-refractivity contribution is 1.05. The van der Waals surface area contributed by atoms with E-state index in [4.69, 9.17) is 0 Å². The van der Waals surface area contributed by atoms with Crippen LogP contribution in [-0.2, 0) is 0 Å². The molecular weight excluding hydrogens is 196 g/mol. The van der Waals surface area contributed by atoms with Gasteiger partial charge in [-0.3, -0.25) is 0 Å². The summed E-state index contributed by atoms with van der Waals surface area (Å²) in [7, 11) is 0. The molecule has 0 atom stereocenters. The average molecular weight is 204 g/mol. The summed E-state index contributed by atoms with van der Waals surface area (Å²) in [5.41, 5.74) is 1.64. The Morgan fingerprint density at radius 3 is 2.86 bits per heavy atom. The molecule has 0 N–H and O–H groups in total. The molecule has 0 spiro atoms. The zero-order chi connectivity index (χ0) is 9.97. The van der Waals surface area contributed by atoms with Gasteiger partial charge in [0.05, 0.1) is 5.69 Å². The second-order valence-electron chi connectivity index (χ2n) is 2.66. The van der Waals surface area contributed by atoms with Crippen molar-refractivity contribution >= 4 is 23.2 Å². The van der Waals surface area contributed by atoms with E-state index in [0.717, 1.165) is 17.2 Å². The Bertz CT molecular complexity index is 463. The lowest BCUT2D eigenvalue weighted by Gasteiger charge is -1.95. The van der Waals surface area contributed by atoms with Gasteiger partial charge in [-0.1, -0.05) is 0 Å². The van der Waals surface area contributed by atoms with E-state index in [2.05, 4.69) is 26.7 Å². The van der Waals surface area contributed by atoms with Crippen LogP contribution >= 0.6 is 11.3 Å². The molecule has 0 aliphatic heterocycles. The molecule has 2 rings (SSSR count). The maximum atomic E-state index is 4.26. The van der Waals surface area contributed by atoms with Crippen LogP contribution in [0.25, 0.3) is 11.4 Å². The quantitative estimate of drug-likeness (QED) is 0.705. The first kappa shape index (κ1) is 8.96. The zero-order valence-corrected chi connectivity index (χ0v) is 8.45. The van der Waals surface area contributed by atoms with Gasteiger partial charge in [-0.2, -0.15) is 0 Å². The predicted octanol–water partition coefficient (Wildman–Crippen LogP) is 2.24. The lowest BCUT2D eigenvalue weighted by Crippen LogP contribution is -1.89. The molecule has 2 aromatic rings. The van der Waals surface area contributed by atoms with Gasteiger partial charge < -0.3 is 0 Å². The molecule has 4 nitrogen and oxygen atoms in total. The molecule has 2 aromatic heterocycles. The van der Waals surface area contributed by atoms with Crippen LogP contribution < -0.4 is 0 Å². The third kappa shape index (κ3) is 1.67. The summed E-state index contributed by atoms with van der Waals surface area (Å²) >= 11 is 1.45. The van der Waals surface area contributed by atoms with Crippen molar-refractivity contribution in [3.63, 3.8) is 0 Å². The van der Waals surface area contributed by atoms with Gasteiger partial charge in [-0.15, -0.1) is 11.3 Å². The van der Waals surface area contributed by atoms with E-state index in [0.29, 0.717) is 5.13 Å². The minimum Gasteiger partial charge on any atom is -0.242 e. The molecule has 0 unspecified atom stereocenters. The van der Waals surface area contributed by atoms with Crippen LogP contribution in [0.15, 0.2) is 22.6 Å². The molecule has 0 radical (unpaired) electrons. The Morgan fingerprint density at radius 1 is 1.36 bits per heavy atom. The second kappa shape index (κ2) is 3.63. The highest BCUT2D eigenvalue weighted by Crippen LogP contribution is 2.24. The highest BCUT2D eigenvalue weighted by molar-refractivity contribution is 7.13. The number of aliphatic imine (C=N–C) groups is 1. The molecule has 14 heavy (non-hydrogen) atoms. The summed E-state index contributed by atoms with van der Waals surface area (Å²) in [6, 6.07) is 1.83. The van der Waals surface area contributed by atoms with E-state index in [1.165, 1.54) is 11.3 Å². The summed E-state index contributed by atoms with van der Waals surface area (Å²) in [4.78, 5) is 16.3. The van der Waals surface area contributed by atoms with Crippen molar-refractivity contribution in [2.24, 2.45) is 4.99 Å². The molecule has 2 heterocycles. The van der Waals surface area contributed by atoms with Gasteiger partial charge in [0.2, 0.25) is 5.13 Å². The number of hydrogen-bond acceptors (Lipinski definition) is 5. The lowest BCUT2D eigenvalue weighted by atomic mass is 10.3. The van der Waals surface area contributed by atoms with Crippen LogP contribution in [0.1, 0.15) is 5.82 Å². The largest absolute Gasteiger partial charge is 0.242 e. The highest BCUT2D eigenvalue weighted by atomic mass is 32.1. The van der Waals surface area contributed by atoms with E-state index in [1.807, 2.05) is 18.4 Å². The van der Waals surface area contributed by atoms with Crippen molar-refractivity contribution in [1.82, 2.24) is 15.0 Å². The monoisotopic (exact) mass is 204 g/mol. The first-order chi connectivity index (χ1) is 6.79. The smallest absolute Gasteiger partial charge is 0.209 e. The third-order valence-corrected chi connectivity index (χ3v) is 2.44. The molecule has 0 aliphatic rings. The summed E-state index contributed by atoms with van der Waals surface area (Å²) in [6.45, 7) is 5.27. The predicted molar refractivity (Wildman–Crippen MR) is 57.1 cm³/mol. The van der Waals surface area contributed by atoms with Crippen LogP contribution in [0, 0.1) is 6.92 Å². The van der Waals surface area contributed by atoms with Crippen molar-refractivity contribution in [3.8, 4) is 11.4 Å². The standard InChI is InChI=1S/C9H8N4S/c1-6-11-4-3-7(12-6)8-5-14-9(10-2)13-8/h3-5H,2H2,1H3. The maximum absolute atomic E-state index is 4.26. The van der Waals surface area contributed by atoms with Crippen LogP contribution in [0.5, 0.6) is 0 Å². The molecule has 0 bridgehead atoms. The van der Waals surface area contributed by atoms with Crippen LogP contribution in [0.3, 0.4) is 0 Å². The van der Waals surface area contributed by atoms with Gasteiger partial charge in [-0.05, 0) is 19.7 Å². The van der Waals surface area contributed by atoms with Gasteiger partial charge in [0, 0.05) is 11.6 Å². The van der Waals surface area contributed by atoms with Crippen molar-refractivity contribution in [1.29, 1.82) is 0 Å². The van der Waals surface area contributed by atoms with Crippen molar-refractivity contribution in [2.45, 2.75) is 6.92 Å². The van der Waals surface area contributed by atoms with E-state index in [-0.39, 0.29) is 0 Å². The van der Waals surface area contributed by atoms with Gasteiger partial charge in [0.1, 0.15) is 11.5 Å². The summed E-state index contributed by atoms with van der Waals surface area (Å²) in [5, 5.41) is 2.57. The first-order valence-corrected chi connectivity index (χ1v) is 4.90. The van der Waals surface area contributed by atoms with Crippen molar-refractivity contribution < 1.29 is 0 Å². The summed E-state index contributed by atoms with van der Waals surface area (Å²) in [5.74, 6) is 0.739. The van der Waals surface area contributed by atoms with Crippen molar-refractivity contribution in [3.05, 3.63) is 23.5 Å². The molecule has 5 heteroatoms. The Kier molecular flexibility index (Phi) is 2.32. The van der Waals surface area contributed by atoms with Crippen LogP contribution in [0.2, 0.25) is 0 Å². The summed E-state index contributed by atoms with van der Waals surface area (Å²) in [6.07, 6.45) is 1.72. The molecule has 0 saturated carbocycles. The van der Waals surface area contributed by atoms with E-state index in [1.54, 1.807) is 6.20 Å². The van der Waals surface area contributed by atoms with Gasteiger partial charge in [0.25, 0.3) is 0 Å². The fourth-order valence-corrected chi connectivity index (χ4v) is 1.67. The van der Waals surface area contributed by atoms with Crippen LogP contribution in [0.4, 0.5) is 5.13 Å². The zero-order valence-electron chi connectivity index (χ0n) is 7.64. The normalized spacial score (nSPS) is 10.1. The Labute approximate surface area is 85.4 Å².